The molecule has 0 radical (unpaired) electrons. The van der Waals surface area contributed by atoms with E-state index in [1.807, 2.05) is 0 Å². The molecule has 7 unspecified atom stereocenters. The van der Waals surface area contributed by atoms with Gasteiger partial charge in [0.2, 0.25) is 5.79 Å². The average Bonchev–Trinajstić information content (AvgIpc) is 3.66. The fourth-order valence-electron chi connectivity index (χ4n) is 6.25. The van der Waals surface area contributed by atoms with Crippen molar-refractivity contribution >= 4 is 35.6 Å². The number of ether oxygens (including phenoxy) is 2. The zero-order chi connectivity index (χ0) is 32.2. The number of aliphatic hydroxyl groups is 5. The molecule has 1 spiro atoms. The Morgan fingerprint density at radius 3 is 2.56 bits per heavy atom. The second-order valence-electron chi connectivity index (χ2n) is 11.3. The monoisotopic (exact) mass is 625 g/mol. The van der Waals surface area contributed by atoms with Crippen LogP contribution in [0.4, 0.5) is 5.69 Å². The number of phenolic OH excluding ortho intramolecular Hbond substituents is 2. The fourth-order valence-corrected chi connectivity index (χ4v) is 6.25. The summed E-state index contributed by atoms with van der Waals surface area (Å²) >= 11 is 0. The number of fused-ring (bicyclic) bond motifs is 3. The number of carbonyl (C=O) groups is 2. The molecule has 15 nitrogen and oxygen atoms in total. The molecule has 15 heteroatoms. The van der Waals surface area contributed by atoms with E-state index in [9.17, 15) is 50.4 Å². The van der Waals surface area contributed by atoms with Crippen LogP contribution in [-0.4, -0.2) is 114 Å². The molecule has 0 aliphatic carbocycles. The van der Waals surface area contributed by atoms with E-state index in [1.54, 1.807) is 18.3 Å². The van der Waals surface area contributed by atoms with Crippen molar-refractivity contribution in [3.05, 3.63) is 52.6 Å². The minimum absolute atomic E-state index is 0.0123. The fraction of sp³-hybridized carbons (Fsp3) is 0.400. The molecule has 1 amide bonds. The Bertz CT molecular complexity index is 1640. The van der Waals surface area contributed by atoms with Crippen LogP contribution in [0.3, 0.4) is 0 Å². The zero-order valence-corrected chi connectivity index (χ0v) is 23.6. The van der Waals surface area contributed by atoms with Gasteiger partial charge < -0.3 is 50.3 Å². The zero-order valence-electron chi connectivity index (χ0n) is 23.6. The minimum atomic E-state index is -2.21. The number of aromatic hydroxyl groups is 2. The first-order chi connectivity index (χ1) is 21.4. The van der Waals surface area contributed by atoms with Crippen LogP contribution < -0.4 is 9.64 Å². The second-order valence-corrected chi connectivity index (χ2v) is 11.3. The molecule has 0 aromatic heterocycles. The molecule has 238 valence electrons. The number of aliphatic carboxylic acids is 1. The van der Waals surface area contributed by atoms with E-state index in [-0.39, 0.29) is 29.0 Å². The van der Waals surface area contributed by atoms with Crippen molar-refractivity contribution in [3.8, 4) is 17.2 Å². The highest BCUT2D eigenvalue weighted by molar-refractivity contribution is 6.32. The van der Waals surface area contributed by atoms with Gasteiger partial charge in [0.1, 0.15) is 42.9 Å². The molecule has 1 fully saturated rings. The Balaban J connectivity index is 1.35. The van der Waals surface area contributed by atoms with Crippen LogP contribution in [0.1, 0.15) is 34.8 Å². The smallest absolute Gasteiger partial charge is 0.327 e. The molecule has 4 heterocycles. The molecule has 0 saturated carbocycles. The average molecular weight is 626 g/mol. The van der Waals surface area contributed by atoms with E-state index in [4.69, 9.17) is 9.47 Å². The first-order valence-electron chi connectivity index (χ1n) is 14.1. The number of anilines is 1. The third-order valence-electron chi connectivity index (χ3n) is 8.45. The van der Waals surface area contributed by atoms with E-state index in [0.717, 1.165) is 11.0 Å². The van der Waals surface area contributed by atoms with Crippen LogP contribution in [0.5, 0.6) is 17.2 Å². The summed E-state index contributed by atoms with van der Waals surface area (Å²) in [7, 11) is 0. The number of hydrogen-bond donors (Lipinski definition) is 8. The van der Waals surface area contributed by atoms with Gasteiger partial charge in [0.25, 0.3) is 5.91 Å². The van der Waals surface area contributed by atoms with Gasteiger partial charge in [-0.15, -0.1) is 0 Å². The van der Waals surface area contributed by atoms with Gasteiger partial charge in [0.15, 0.2) is 11.5 Å². The maximum Gasteiger partial charge on any atom is 0.327 e. The Morgan fingerprint density at radius 2 is 1.87 bits per heavy atom. The van der Waals surface area contributed by atoms with E-state index >= 15 is 0 Å². The predicted octanol–water partition coefficient (Wildman–Crippen LogP) is -0.835. The number of carbonyl (C=O) groups excluding carboxylic acids is 1. The minimum Gasteiger partial charge on any atom is -0.508 e. The third kappa shape index (κ3) is 5.22. The first-order valence-corrected chi connectivity index (χ1v) is 14.1. The molecule has 2 aromatic carbocycles. The number of phenols is 2. The lowest BCUT2D eigenvalue weighted by molar-refractivity contribution is -0.349. The van der Waals surface area contributed by atoms with Crippen molar-refractivity contribution in [2.45, 2.75) is 61.6 Å². The van der Waals surface area contributed by atoms with Gasteiger partial charge in [-0.05, 0) is 35.4 Å². The van der Waals surface area contributed by atoms with Gasteiger partial charge in [0.05, 0.1) is 29.7 Å². The maximum atomic E-state index is 13.7. The summed E-state index contributed by atoms with van der Waals surface area (Å²) in [5.74, 6) is -5.28. The lowest BCUT2D eigenvalue weighted by Gasteiger charge is -2.50. The van der Waals surface area contributed by atoms with E-state index in [1.165, 1.54) is 18.2 Å². The Labute approximate surface area is 255 Å². The summed E-state index contributed by atoms with van der Waals surface area (Å²) < 4.78 is 11.5. The topological polar surface area (TPSA) is 242 Å². The van der Waals surface area contributed by atoms with Crippen LogP contribution in [-0.2, 0) is 27.2 Å². The van der Waals surface area contributed by atoms with Crippen molar-refractivity contribution < 1.29 is 59.9 Å². The number of carboxylic acids is 1. The quantitative estimate of drug-likeness (QED) is 0.183. The normalized spacial score (nSPS) is 30.3. The van der Waals surface area contributed by atoms with Crippen molar-refractivity contribution in [3.63, 3.8) is 0 Å². The van der Waals surface area contributed by atoms with Gasteiger partial charge in [-0.25, -0.2) is 4.79 Å². The SMILES string of the molecule is O=C(O)C1Cc2cc(O)c3c(c2N1C(=O)C=Cc1ccc(O)c(CC2=NCN=C2)c1)C(O)CC1(O3)OC(CO)C(O)C(O)C1O. The summed E-state index contributed by atoms with van der Waals surface area (Å²) in [5, 5.41) is 83.6. The molecule has 4 aliphatic heterocycles. The van der Waals surface area contributed by atoms with Crippen LogP contribution in [0.15, 0.2) is 40.3 Å². The third-order valence-corrected chi connectivity index (χ3v) is 8.45. The van der Waals surface area contributed by atoms with Crippen molar-refractivity contribution in [1.82, 2.24) is 0 Å². The lowest BCUT2D eigenvalue weighted by atomic mass is 9.84. The molecular formula is C30H31N3O12. The lowest BCUT2D eigenvalue weighted by Crippen LogP contribution is -2.68. The summed E-state index contributed by atoms with van der Waals surface area (Å²) in [5.41, 5.74) is 1.83. The predicted molar refractivity (Wildman–Crippen MR) is 155 cm³/mol. The van der Waals surface area contributed by atoms with Crippen molar-refractivity contribution in [2.24, 2.45) is 9.98 Å². The summed E-state index contributed by atoms with van der Waals surface area (Å²) in [6.07, 6.45) is -4.76. The number of rotatable bonds is 6. The highest BCUT2D eigenvalue weighted by Crippen LogP contribution is 2.55. The summed E-state index contributed by atoms with van der Waals surface area (Å²) in [6.45, 7) is -0.452. The van der Waals surface area contributed by atoms with Crippen molar-refractivity contribution in [2.75, 3.05) is 18.2 Å². The number of nitrogens with zero attached hydrogens (tertiary/aromatic N) is 3. The van der Waals surface area contributed by atoms with Gasteiger partial charge >= 0.3 is 5.97 Å². The Hall–Kier alpha value is -4.38. The molecule has 1 saturated heterocycles. The molecular weight excluding hydrogens is 594 g/mol. The largest absolute Gasteiger partial charge is 0.508 e. The van der Waals surface area contributed by atoms with Crippen LogP contribution in [0.25, 0.3) is 6.08 Å². The van der Waals surface area contributed by atoms with Crippen molar-refractivity contribution in [1.29, 1.82) is 0 Å². The van der Waals surface area contributed by atoms with Gasteiger partial charge in [-0.3, -0.25) is 19.7 Å². The second kappa shape index (κ2) is 11.5. The Morgan fingerprint density at radius 1 is 1.09 bits per heavy atom. The number of amides is 1. The highest BCUT2D eigenvalue weighted by Gasteiger charge is 2.59. The van der Waals surface area contributed by atoms with Crippen LogP contribution >= 0.6 is 0 Å². The van der Waals surface area contributed by atoms with Crippen LogP contribution in [0, 0.1) is 0 Å². The molecule has 8 N–H and O–H groups in total. The number of carboxylic acid groups (broad SMARTS) is 1. The number of hydrogen-bond acceptors (Lipinski definition) is 13. The van der Waals surface area contributed by atoms with E-state index in [0.29, 0.717) is 29.9 Å². The van der Waals surface area contributed by atoms with Crippen LogP contribution in [0.2, 0.25) is 0 Å². The Kier molecular flexibility index (Phi) is 7.84. The summed E-state index contributed by atoms with van der Waals surface area (Å²) in [6, 6.07) is 4.44. The van der Waals surface area contributed by atoms with E-state index in [2.05, 4.69) is 9.98 Å². The number of aliphatic imine (C=N–C) groups is 2. The molecule has 0 bridgehead atoms. The number of aliphatic hydroxyl groups excluding tert-OH is 5. The molecule has 7 atom stereocenters. The summed E-state index contributed by atoms with van der Waals surface area (Å²) in [4.78, 5) is 35.2. The molecule has 6 rings (SSSR count). The van der Waals surface area contributed by atoms with Gasteiger partial charge in [-0.1, -0.05) is 6.07 Å². The standard InChI is InChI=1S/C30H31N3O12/c34-11-21-25(39)26(40)28(41)30(44-21)9-20(37)23-24-15(8-19(36)27(23)45-30)7-17(29(42)43)33(24)22(38)4-2-13-1-3-18(35)14(5-13)6-16-10-31-12-32-16/h1-5,8,10,17,20-21,25-26,28,34-37,39-41H,6-7,9,11-12H2,(H,42,43). The highest BCUT2D eigenvalue weighted by atomic mass is 16.7. The van der Waals surface area contributed by atoms with Gasteiger partial charge in [0, 0.05) is 37.1 Å². The maximum absolute atomic E-state index is 13.7. The van der Waals surface area contributed by atoms with E-state index < -0.39 is 78.8 Å². The molecule has 4 aliphatic rings. The van der Waals surface area contributed by atoms with Gasteiger partial charge in [-0.2, -0.15) is 0 Å². The molecule has 2 aromatic rings. The first kappa shape index (κ1) is 30.6. The number of benzene rings is 2. The molecule has 45 heavy (non-hydrogen) atoms.